The summed E-state index contributed by atoms with van der Waals surface area (Å²) >= 11 is 0. The largest absolute Gasteiger partial charge is 0.508 e. The van der Waals surface area contributed by atoms with Crippen LogP contribution in [0, 0.1) is 0 Å². The van der Waals surface area contributed by atoms with E-state index in [1.54, 1.807) is 24.3 Å². The van der Waals surface area contributed by atoms with E-state index in [4.69, 9.17) is 5.11 Å². The second-order valence-corrected chi connectivity index (χ2v) is 2.05. The van der Waals surface area contributed by atoms with Gasteiger partial charge in [0.05, 0.1) is 0 Å². The molecular weight excluding hydrogens is 168 g/mol. The van der Waals surface area contributed by atoms with Gasteiger partial charge in [-0.3, -0.25) is 4.79 Å². The highest BCUT2D eigenvalue weighted by molar-refractivity contribution is 5.37. The number of para-hydroxylation sites is 1. The lowest BCUT2D eigenvalue weighted by Gasteiger charge is -1.82. The first-order valence-corrected chi connectivity index (χ1v) is 3.71. The summed E-state index contributed by atoms with van der Waals surface area (Å²) in [6.07, 6.45) is 1.51. The number of carbonyl (C=O) groups excluding carboxylic acids is 1. The number of ether oxygens (including phenoxy) is 1. The van der Waals surface area contributed by atoms with Gasteiger partial charge < -0.3 is 9.84 Å². The Hall–Kier alpha value is -1.77. The van der Waals surface area contributed by atoms with Crippen LogP contribution in [0.3, 0.4) is 0 Å². The van der Waals surface area contributed by atoms with Crippen molar-refractivity contribution in [2.24, 2.45) is 0 Å². The number of phenolic OH excluding ortho intramolecular Hbond substituents is 1. The maximum Gasteiger partial charge on any atom is 0.293 e. The number of carbonyl (C=O) groups is 1. The Kier molecular flexibility index (Phi) is 7.19. The van der Waals surface area contributed by atoms with Gasteiger partial charge in [0.15, 0.2) is 0 Å². The molecule has 0 spiro atoms. The summed E-state index contributed by atoms with van der Waals surface area (Å²) < 4.78 is 4.18. The predicted octanol–water partition coefficient (Wildman–Crippen LogP) is 1.74. The molecule has 1 aromatic rings. The Labute approximate surface area is 77.3 Å². The Bertz CT molecular complexity index is 223. The van der Waals surface area contributed by atoms with E-state index in [0.717, 1.165) is 0 Å². The molecule has 0 atom stereocenters. The second kappa shape index (κ2) is 8.33. The molecule has 3 nitrogen and oxygen atoms in total. The molecule has 0 bridgehead atoms. The van der Waals surface area contributed by atoms with Crippen molar-refractivity contribution in [3.8, 4) is 5.75 Å². The average Bonchev–Trinajstić information content (AvgIpc) is 2.17. The second-order valence-electron chi connectivity index (χ2n) is 2.05. The van der Waals surface area contributed by atoms with E-state index in [9.17, 15) is 4.79 Å². The summed E-state index contributed by atoms with van der Waals surface area (Å²) in [7, 11) is 0. The summed E-state index contributed by atoms with van der Waals surface area (Å²) in [4.78, 5) is 9.29. The van der Waals surface area contributed by atoms with E-state index in [-0.39, 0.29) is 0 Å². The quantitative estimate of drug-likeness (QED) is 0.438. The van der Waals surface area contributed by atoms with Crippen LogP contribution in [0.5, 0.6) is 5.75 Å². The SMILES string of the molecule is C=CCOC=O.Oc1ccccc1. The average molecular weight is 180 g/mol. The van der Waals surface area contributed by atoms with Gasteiger partial charge in [0.1, 0.15) is 12.4 Å². The molecule has 0 fully saturated rings. The van der Waals surface area contributed by atoms with Crippen molar-refractivity contribution >= 4 is 6.47 Å². The van der Waals surface area contributed by atoms with Gasteiger partial charge in [0.25, 0.3) is 6.47 Å². The molecule has 0 saturated carbocycles. The van der Waals surface area contributed by atoms with Crippen LogP contribution in [0.4, 0.5) is 0 Å². The number of hydrogen-bond acceptors (Lipinski definition) is 3. The monoisotopic (exact) mass is 180 g/mol. The topological polar surface area (TPSA) is 46.5 Å². The van der Waals surface area contributed by atoms with Crippen molar-refractivity contribution in [3.63, 3.8) is 0 Å². The number of aromatic hydroxyl groups is 1. The van der Waals surface area contributed by atoms with Crippen molar-refractivity contribution in [3.05, 3.63) is 43.0 Å². The van der Waals surface area contributed by atoms with Crippen LogP contribution >= 0.6 is 0 Å². The molecule has 13 heavy (non-hydrogen) atoms. The van der Waals surface area contributed by atoms with Crippen LogP contribution in [-0.2, 0) is 9.53 Å². The van der Waals surface area contributed by atoms with Crippen LogP contribution < -0.4 is 0 Å². The molecule has 3 heteroatoms. The predicted molar refractivity (Wildman–Crippen MR) is 50.3 cm³/mol. The summed E-state index contributed by atoms with van der Waals surface area (Å²) in [5.41, 5.74) is 0. The number of phenols is 1. The lowest BCUT2D eigenvalue weighted by Crippen LogP contribution is -1.83. The molecule has 1 N–H and O–H groups in total. The molecule has 0 heterocycles. The summed E-state index contributed by atoms with van der Waals surface area (Å²) in [5, 5.41) is 8.63. The Morgan fingerprint density at radius 2 is 2.00 bits per heavy atom. The first-order chi connectivity index (χ1) is 6.31. The molecule has 1 rings (SSSR count). The summed E-state index contributed by atoms with van der Waals surface area (Å²) in [6.45, 7) is 4.01. The fourth-order valence-corrected chi connectivity index (χ4v) is 0.535. The zero-order chi connectivity index (χ0) is 9.94. The minimum absolute atomic E-state index is 0.309. The van der Waals surface area contributed by atoms with Crippen molar-refractivity contribution in [2.45, 2.75) is 0 Å². The third-order valence-corrected chi connectivity index (χ3v) is 1.04. The first-order valence-electron chi connectivity index (χ1n) is 3.71. The third kappa shape index (κ3) is 8.13. The fourth-order valence-electron chi connectivity index (χ4n) is 0.535. The van der Waals surface area contributed by atoms with Crippen molar-refractivity contribution in [1.82, 2.24) is 0 Å². The van der Waals surface area contributed by atoms with Gasteiger partial charge in [0, 0.05) is 0 Å². The van der Waals surface area contributed by atoms with Gasteiger partial charge in [-0.2, -0.15) is 0 Å². The highest BCUT2D eigenvalue weighted by atomic mass is 16.5. The van der Waals surface area contributed by atoms with Crippen LogP contribution in [0.2, 0.25) is 0 Å². The van der Waals surface area contributed by atoms with Crippen LogP contribution in [-0.4, -0.2) is 18.2 Å². The van der Waals surface area contributed by atoms with Gasteiger partial charge in [-0.1, -0.05) is 30.9 Å². The van der Waals surface area contributed by atoms with Gasteiger partial charge in [0.2, 0.25) is 0 Å². The minimum Gasteiger partial charge on any atom is -0.508 e. The maximum atomic E-state index is 9.29. The number of hydrogen-bond donors (Lipinski definition) is 1. The molecule has 0 radical (unpaired) electrons. The molecule has 0 unspecified atom stereocenters. The zero-order valence-electron chi connectivity index (χ0n) is 7.22. The van der Waals surface area contributed by atoms with Gasteiger partial charge in [-0.05, 0) is 12.1 Å². The molecule has 0 aliphatic heterocycles. The summed E-state index contributed by atoms with van der Waals surface area (Å²) in [6, 6.07) is 8.71. The first kappa shape index (κ1) is 11.2. The van der Waals surface area contributed by atoms with Crippen molar-refractivity contribution in [1.29, 1.82) is 0 Å². The van der Waals surface area contributed by atoms with Crippen LogP contribution in [0.15, 0.2) is 43.0 Å². The van der Waals surface area contributed by atoms with Crippen molar-refractivity contribution < 1.29 is 14.6 Å². The highest BCUT2D eigenvalue weighted by Crippen LogP contribution is 2.02. The Morgan fingerprint density at radius 1 is 1.38 bits per heavy atom. The highest BCUT2D eigenvalue weighted by Gasteiger charge is 1.74. The Balaban J connectivity index is 0.000000226. The molecule has 0 amide bonds. The van der Waals surface area contributed by atoms with E-state index < -0.39 is 0 Å². The molecule has 1 aromatic carbocycles. The smallest absolute Gasteiger partial charge is 0.293 e. The minimum atomic E-state index is 0.309. The van der Waals surface area contributed by atoms with E-state index >= 15 is 0 Å². The number of rotatable bonds is 3. The maximum absolute atomic E-state index is 9.29. The number of benzene rings is 1. The third-order valence-electron chi connectivity index (χ3n) is 1.04. The van der Waals surface area contributed by atoms with Crippen LogP contribution in [0.25, 0.3) is 0 Å². The Morgan fingerprint density at radius 3 is 2.23 bits per heavy atom. The van der Waals surface area contributed by atoms with Gasteiger partial charge >= 0.3 is 0 Å². The van der Waals surface area contributed by atoms with Gasteiger partial charge in [-0.15, -0.1) is 0 Å². The molecule has 0 aromatic heterocycles. The van der Waals surface area contributed by atoms with Gasteiger partial charge in [-0.25, -0.2) is 0 Å². The van der Waals surface area contributed by atoms with E-state index in [1.807, 2.05) is 6.07 Å². The zero-order valence-corrected chi connectivity index (χ0v) is 7.22. The molecule has 0 saturated heterocycles. The van der Waals surface area contributed by atoms with Crippen LogP contribution in [0.1, 0.15) is 0 Å². The lowest BCUT2D eigenvalue weighted by atomic mass is 10.3. The van der Waals surface area contributed by atoms with E-state index in [0.29, 0.717) is 18.8 Å². The van der Waals surface area contributed by atoms with Crippen molar-refractivity contribution in [2.75, 3.05) is 6.61 Å². The lowest BCUT2D eigenvalue weighted by molar-refractivity contribution is -0.127. The standard InChI is InChI=1S/C6H6O.C4H6O2/c7-6-4-2-1-3-5-6;1-2-3-6-4-5/h1-5,7H;2,4H,1,3H2. The van der Waals surface area contributed by atoms with E-state index in [1.165, 1.54) is 6.08 Å². The molecule has 70 valence electrons. The van der Waals surface area contributed by atoms with E-state index in [2.05, 4.69) is 11.3 Å². The fraction of sp³-hybridized carbons (Fsp3) is 0.100. The normalized spacial score (nSPS) is 7.69. The molecule has 0 aliphatic carbocycles. The molecular formula is C10H12O3. The molecule has 0 aliphatic rings. The summed E-state index contributed by atoms with van der Waals surface area (Å²) in [5.74, 6) is 0.322.